The SMILES string of the molecule is CNc1ncnc(-c2cccc3ccncc23)c1C(C)C. The predicted octanol–water partition coefficient (Wildman–Crippen LogP) is 3.86. The van der Waals surface area contributed by atoms with Gasteiger partial charge >= 0.3 is 0 Å². The van der Waals surface area contributed by atoms with Gasteiger partial charge in [-0.2, -0.15) is 0 Å². The summed E-state index contributed by atoms with van der Waals surface area (Å²) in [6.07, 6.45) is 5.33. The molecule has 4 heteroatoms. The van der Waals surface area contributed by atoms with Gasteiger partial charge in [-0.15, -0.1) is 0 Å². The molecular weight excluding hydrogens is 260 g/mol. The van der Waals surface area contributed by atoms with Gasteiger partial charge in [0, 0.05) is 36.0 Å². The predicted molar refractivity (Wildman–Crippen MR) is 86.4 cm³/mol. The van der Waals surface area contributed by atoms with Crippen LogP contribution in [0.2, 0.25) is 0 Å². The highest BCUT2D eigenvalue weighted by atomic mass is 15.0. The standard InChI is InChI=1S/C17H18N4/c1-11(2)15-16(20-10-21-17(15)18-3)13-6-4-5-12-7-8-19-9-14(12)13/h4-11H,1-3H3,(H,18,20,21). The van der Waals surface area contributed by atoms with Gasteiger partial charge in [-0.25, -0.2) is 9.97 Å². The van der Waals surface area contributed by atoms with Crippen molar-refractivity contribution in [2.24, 2.45) is 0 Å². The minimum Gasteiger partial charge on any atom is -0.373 e. The number of rotatable bonds is 3. The van der Waals surface area contributed by atoms with Gasteiger partial charge < -0.3 is 5.32 Å². The highest BCUT2D eigenvalue weighted by Gasteiger charge is 2.17. The molecule has 0 fully saturated rings. The molecule has 2 heterocycles. The maximum Gasteiger partial charge on any atom is 0.133 e. The topological polar surface area (TPSA) is 50.7 Å². The third kappa shape index (κ3) is 2.33. The van der Waals surface area contributed by atoms with Crippen molar-refractivity contribution in [1.29, 1.82) is 0 Å². The number of fused-ring (bicyclic) bond motifs is 1. The summed E-state index contributed by atoms with van der Waals surface area (Å²) in [7, 11) is 1.89. The third-order valence-corrected chi connectivity index (χ3v) is 3.64. The highest BCUT2D eigenvalue weighted by Crippen LogP contribution is 2.35. The van der Waals surface area contributed by atoms with Crippen molar-refractivity contribution >= 4 is 16.6 Å². The first-order valence-corrected chi connectivity index (χ1v) is 7.08. The van der Waals surface area contributed by atoms with Crippen LogP contribution in [0.25, 0.3) is 22.0 Å². The first-order chi connectivity index (χ1) is 10.2. The van der Waals surface area contributed by atoms with Gasteiger partial charge in [-0.05, 0) is 17.4 Å². The molecule has 1 N–H and O–H groups in total. The lowest BCUT2D eigenvalue weighted by Gasteiger charge is -2.16. The average molecular weight is 278 g/mol. The molecule has 0 spiro atoms. The number of hydrogen-bond acceptors (Lipinski definition) is 4. The van der Waals surface area contributed by atoms with E-state index in [2.05, 4.69) is 52.3 Å². The molecule has 2 aromatic heterocycles. The van der Waals surface area contributed by atoms with Crippen LogP contribution in [0, 0.1) is 0 Å². The second kappa shape index (κ2) is 5.48. The van der Waals surface area contributed by atoms with E-state index in [4.69, 9.17) is 0 Å². The number of hydrogen-bond donors (Lipinski definition) is 1. The second-order valence-corrected chi connectivity index (χ2v) is 5.29. The molecule has 4 nitrogen and oxygen atoms in total. The van der Waals surface area contributed by atoms with E-state index in [1.165, 1.54) is 5.39 Å². The Kier molecular flexibility index (Phi) is 3.52. The van der Waals surface area contributed by atoms with Gasteiger partial charge in [0.2, 0.25) is 0 Å². The molecule has 0 aliphatic heterocycles. The molecule has 0 bridgehead atoms. The van der Waals surface area contributed by atoms with E-state index >= 15 is 0 Å². The van der Waals surface area contributed by atoms with Crippen molar-refractivity contribution in [2.45, 2.75) is 19.8 Å². The fourth-order valence-corrected chi connectivity index (χ4v) is 2.68. The van der Waals surface area contributed by atoms with Crippen LogP contribution in [-0.4, -0.2) is 22.0 Å². The van der Waals surface area contributed by atoms with Crippen molar-refractivity contribution in [3.05, 3.63) is 48.5 Å². The molecule has 1 aromatic carbocycles. The van der Waals surface area contributed by atoms with Crippen LogP contribution in [0.4, 0.5) is 5.82 Å². The average Bonchev–Trinajstić information content (AvgIpc) is 2.53. The van der Waals surface area contributed by atoms with Crippen molar-refractivity contribution in [3.63, 3.8) is 0 Å². The summed E-state index contributed by atoms with van der Waals surface area (Å²) in [5.41, 5.74) is 3.21. The van der Waals surface area contributed by atoms with E-state index < -0.39 is 0 Å². The van der Waals surface area contributed by atoms with Gasteiger partial charge in [0.25, 0.3) is 0 Å². The Labute approximate surface area is 124 Å². The quantitative estimate of drug-likeness (QED) is 0.790. The van der Waals surface area contributed by atoms with E-state index in [0.717, 1.165) is 28.0 Å². The molecule has 0 radical (unpaired) electrons. The van der Waals surface area contributed by atoms with Crippen LogP contribution in [0.5, 0.6) is 0 Å². The Morgan fingerprint density at radius 1 is 1.10 bits per heavy atom. The lowest BCUT2D eigenvalue weighted by atomic mass is 9.95. The van der Waals surface area contributed by atoms with Crippen LogP contribution >= 0.6 is 0 Å². The molecule has 0 atom stereocenters. The van der Waals surface area contributed by atoms with E-state index in [1.807, 2.05) is 25.5 Å². The van der Waals surface area contributed by atoms with Crippen LogP contribution in [-0.2, 0) is 0 Å². The molecule has 0 saturated carbocycles. The first kappa shape index (κ1) is 13.5. The van der Waals surface area contributed by atoms with E-state index in [-0.39, 0.29) is 0 Å². The van der Waals surface area contributed by atoms with Crippen molar-refractivity contribution in [1.82, 2.24) is 15.0 Å². The van der Waals surface area contributed by atoms with Gasteiger partial charge in [0.05, 0.1) is 5.69 Å². The molecule has 0 aliphatic rings. The summed E-state index contributed by atoms with van der Waals surface area (Å²) in [4.78, 5) is 13.2. The van der Waals surface area contributed by atoms with Gasteiger partial charge in [-0.1, -0.05) is 32.0 Å². The number of benzene rings is 1. The maximum absolute atomic E-state index is 4.55. The van der Waals surface area contributed by atoms with Crippen LogP contribution in [0.3, 0.4) is 0 Å². The second-order valence-electron chi connectivity index (χ2n) is 5.29. The Hall–Kier alpha value is -2.49. The number of nitrogens with zero attached hydrogens (tertiary/aromatic N) is 3. The zero-order chi connectivity index (χ0) is 14.8. The molecule has 0 aliphatic carbocycles. The molecule has 0 saturated heterocycles. The number of nitrogens with one attached hydrogen (secondary N) is 1. The Balaban J connectivity index is 2.33. The number of aromatic nitrogens is 3. The zero-order valence-corrected chi connectivity index (χ0v) is 12.5. The summed E-state index contributed by atoms with van der Waals surface area (Å²) >= 11 is 0. The minimum absolute atomic E-state index is 0.329. The van der Waals surface area contributed by atoms with E-state index in [0.29, 0.717) is 5.92 Å². The lowest BCUT2D eigenvalue weighted by molar-refractivity contribution is 0.852. The van der Waals surface area contributed by atoms with E-state index in [9.17, 15) is 0 Å². The fourth-order valence-electron chi connectivity index (χ4n) is 2.68. The zero-order valence-electron chi connectivity index (χ0n) is 12.5. The molecule has 21 heavy (non-hydrogen) atoms. The maximum atomic E-state index is 4.55. The minimum atomic E-state index is 0.329. The van der Waals surface area contributed by atoms with E-state index in [1.54, 1.807) is 6.33 Å². The highest BCUT2D eigenvalue weighted by molar-refractivity contribution is 5.96. The fraction of sp³-hybridized carbons (Fsp3) is 0.235. The Morgan fingerprint density at radius 3 is 2.71 bits per heavy atom. The molecule has 3 rings (SSSR count). The van der Waals surface area contributed by atoms with Crippen molar-refractivity contribution in [2.75, 3.05) is 12.4 Å². The summed E-state index contributed by atoms with van der Waals surface area (Å²) in [5.74, 6) is 1.21. The summed E-state index contributed by atoms with van der Waals surface area (Å²) in [6.45, 7) is 4.32. The first-order valence-electron chi connectivity index (χ1n) is 7.08. The number of pyridine rings is 1. The lowest BCUT2D eigenvalue weighted by Crippen LogP contribution is -2.04. The molecular formula is C17H18N4. The summed E-state index contributed by atoms with van der Waals surface area (Å²) in [5, 5.41) is 5.45. The normalized spacial score (nSPS) is 11.0. The Morgan fingerprint density at radius 2 is 1.95 bits per heavy atom. The largest absolute Gasteiger partial charge is 0.373 e. The molecule has 0 unspecified atom stereocenters. The van der Waals surface area contributed by atoms with Gasteiger partial charge in [0.15, 0.2) is 0 Å². The van der Waals surface area contributed by atoms with Crippen molar-refractivity contribution < 1.29 is 0 Å². The van der Waals surface area contributed by atoms with Crippen LogP contribution in [0.15, 0.2) is 43.0 Å². The molecule has 0 amide bonds. The van der Waals surface area contributed by atoms with Crippen LogP contribution in [0.1, 0.15) is 25.3 Å². The molecule has 106 valence electrons. The van der Waals surface area contributed by atoms with Gasteiger partial charge in [0.1, 0.15) is 12.1 Å². The van der Waals surface area contributed by atoms with Crippen LogP contribution < -0.4 is 5.32 Å². The summed E-state index contributed by atoms with van der Waals surface area (Å²) < 4.78 is 0. The Bertz CT molecular complexity index is 775. The summed E-state index contributed by atoms with van der Waals surface area (Å²) in [6, 6.07) is 8.27. The van der Waals surface area contributed by atoms with Crippen molar-refractivity contribution in [3.8, 4) is 11.3 Å². The molecule has 3 aromatic rings. The smallest absolute Gasteiger partial charge is 0.133 e. The number of anilines is 1. The third-order valence-electron chi connectivity index (χ3n) is 3.64. The van der Waals surface area contributed by atoms with Gasteiger partial charge in [-0.3, -0.25) is 4.98 Å². The monoisotopic (exact) mass is 278 g/mol.